The lowest BCUT2D eigenvalue weighted by molar-refractivity contribution is -0.122. The van der Waals surface area contributed by atoms with E-state index < -0.39 is 0 Å². The molecule has 2 aromatic rings. The first-order valence-corrected chi connectivity index (χ1v) is 11.9. The number of hydrogen-bond acceptors (Lipinski definition) is 5. The van der Waals surface area contributed by atoms with E-state index in [-0.39, 0.29) is 5.91 Å². The molecule has 3 aliphatic rings. The van der Waals surface area contributed by atoms with Crippen LogP contribution in [0, 0.1) is 6.92 Å². The average Bonchev–Trinajstić information content (AvgIpc) is 3.16. The van der Waals surface area contributed by atoms with Gasteiger partial charge in [0.15, 0.2) is 0 Å². The molecule has 164 valence electrons. The summed E-state index contributed by atoms with van der Waals surface area (Å²) in [7, 11) is 4.31. The van der Waals surface area contributed by atoms with Crippen LogP contribution in [0.25, 0.3) is 15.8 Å². The molecule has 0 unspecified atom stereocenters. The first-order chi connectivity index (χ1) is 15.5. The summed E-state index contributed by atoms with van der Waals surface area (Å²) in [5.41, 5.74) is 4.88. The van der Waals surface area contributed by atoms with E-state index in [0.717, 1.165) is 59.0 Å². The van der Waals surface area contributed by atoms with E-state index in [1.165, 1.54) is 4.70 Å². The smallest absolute Gasteiger partial charge is 0.255 e. The van der Waals surface area contributed by atoms with Gasteiger partial charge in [-0.25, -0.2) is 4.98 Å². The number of carbonyl (C=O) groups excluding carboxylic acids is 1. The third-order valence-electron chi connectivity index (χ3n) is 6.41. The number of fused-ring (bicyclic) bond motifs is 2. The summed E-state index contributed by atoms with van der Waals surface area (Å²) in [4.78, 5) is 24.4. The van der Waals surface area contributed by atoms with E-state index in [9.17, 15) is 4.79 Å². The van der Waals surface area contributed by atoms with Crippen molar-refractivity contribution < 1.29 is 4.79 Å². The maximum Gasteiger partial charge on any atom is 0.255 e. The maximum absolute atomic E-state index is 13.3. The molecule has 0 atom stereocenters. The maximum atomic E-state index is 13.3. The lowest BCUT2D eigenvalue weighted by atomic mass is 10.0. The SMILES string of the molecule is Cc1nc2cc(C3=CC(=O)N4C=C(N5CCC(N(C)C)CC5)C=C/C4=C\C=C3)ccc2s1. The Kier molecular flexibility index (Phi) is 5.57. The second kappa shape index (κ2) is 8.52. The first-order valence-electron chi connectivity index (χ1n) is 11.1. The van der Waals surface area contributed by atoms with Crippen LogP contribution in [0.15, 0.2) is 72.2 Å². The van der Waals surface area contributed by atoms with Crippen LogP contribution in [0.1, 0.15) is 23.4 Å². The standard InChI is InChI=1S/C26H28N4OS/c1-18-27-24-15-20(7-10-25(24)32-18)19-5-4-6-22-8-9-23(17-30(22)26(31)16-19)29-13-11-21(12-14-29)28(2)3/h4-10,15-17,21H,11-14H2,1-3H3/b5-4?,19-16?,22-6+. The van der Waals surface area contributed by atoms with Crippen LogP contribution < -0.4 is 0 Å². The van der Waals surface area contributed by atoms with E-state index in [1.807, 2.05) is 37.4 Å². The number of benzene rings is 1. The van der Waals surface area contributed by atoms with Crippen LogP contribution in [-0.2, 0) is 4.79 Å². The van der Waals surface area contributed by atoms with Gasteiger partial charge in [-0.05, 0) is 75.4 Å². The van der Waals surface area contributed by atoms with Crippen LogP contribution in [0.2, 0.25) is 0 Å². The molecule has 1 saturated heterocycles. The van der Waals surface area contributed by atoms with Gasteiger partial charge in [0.1, 0.15) is 0 Å². The Bertz CT molecular complexity index is 1210. The van der Waals surface area contributed by atoms with Crippen molar-refractivity contribution >= 4 is 33.0 Å². The Morgan fingerprint density at radius 1 is 1.09 bits per heavy atom. The van der Waals surface area contributed by atoms with Crippen LogP contribution in [0.5, 0.6) is 0 Å². The first kappa shape index (κ1) is 20.9. The number of piperidine rings is 1. The molecule has 0 saturated carbocycles. The largest absolute Gasteiger partial charge is 0.370 e. The molecule has 4 heterocycles. The zero-order valence-corrected chi connectivity index (χ0v) is 19.6. The van der Waals surface area contributed by atoms with Crippen molar-refractivity contribution in [3.63, 3.8) is 0 Å². The summed E-state index contributed by atoms with van der Waals surface area (Å²) in [6, 6.07) is 6.86. The molecule has 0 aliphatic carbocycles. The van der Waals surface area contributed by atoms with Gasteiger partial charge in [-0.3, -0.25) is 9.69 Å². The lowest BCUT2D eigenvalue weighted by Gasteiger charge is -2.38. The van der Waals surface area contributed by atoms with Crippen molar-refractivity contribution in [2.24, 2.45) is 0 Å². The quantitative estimate of drug-likeness (QED) is 0.688. The molecular formula is C26H28N4OS. The molecule has 1 fully saturated rings. The van der Waals surface area contributed by atoms with Crippen LogP contribution >= 0.6 is 11.3 Å². The highest BCUT2D eigenvalue weighted by atomic mass is 32.1. The number of aromatic nitrogens is 1. The van der Waals surface area contributed by atoms with Gasteiger partial charge >= 0.3 is 0 Å². The van der Waals surface area contributed by atoms with Crippen molar-refractivity contribution in [3.8, 4) is 0 Å². The fourth-order valence-corrected chi connectivity index (χ4v) is 5.37. The number of nitrogens with zero attached hydrogens (tertiary/aromatic N) is 4. The minimum atomic E-state index is -0.0322. The zero-order valence-electron chi connectivity index (χ0n) is 18.8. The van der Waals surface area contributed by atoms with Gasteiger partial charge in [-0.15, -0.1) is 11.3 Å². The number of aryl methyl sites for hydroxylation is 1. The molecule has 5 rings (SSSR count). The molecule has 0 bridgehead atoms. The number of hydrogen-bond donors (Lipinski definition) is 0. The number of carbonyl (C=O) groups is 1. The minimum Gasteiger partial charge on any atom is -0.370 e. The number of likely N-dealkylation sites (tertiary alicyclic amines) is 1. The van der Waals surface area contributed by atoms with E-state index in [2.05, 4.69) is 53.2 Å². The molecule has 0 spiro atoms. The molecule has 1 amide bonds. The Hall–Kier alpha value is -2.96. The summed E-state index contributed by atoms with van der Waals surface area (Å²) >= 11 is 1.69. The summed E-state index contributed by atoms with van der Waals surface area (Å²) in [5, 5.41) is 1.05. The van der Waals surface area contributed by atoms with Crippen molar-refractivity contribution in [1.82, 2.24) is 19.7 Å². The number of amides is 1. The molecule has 3 aliphatic heterocycles. The molecule has 32 heavy (non-hydrogen) atoms. The second-order valence-corrected chi connectivity index (χ2v) is 9.98. The fraction of sp³-hybridized carbons (Fsp3) is 0.308. The van der Waals surface area contributed by atoms with Gasteiger partial charge in [-0.2, -0.15) is 0 Å². The van der Waals surface area contributed by atoms with Crippen LogP contribution in [0.3, 0.4) is 0 Å². The summed E-state index contributed by atoms with van der Waals surface area (Å²) < 4.78 is 1.17. The fourth-order valence-electron chi connectivity index (χ4n) is 4.56. The predicted molar refractivity (Wildman–Crippen MR) is 132 cm³/mol. The van der Waals surface area contributed by atoms with Crippen LogP contribution in [-0.4, -0.2) is 58.8 Å². The van der Waals surface area contributed by atoms with Crippen molar-refractivity contribution in [3.05, 3.63) is 82.8 Å². The molecule has 5 nitrogen and oxygen atoms in total. The summed E-state index contributed by atoms with van der Waals surface area (Å²) in [6.45, 7) is 4.04. The van der Waals surface area contributed by atoms with Gasteiger partial charge in [0.05, 0.1) is 20.9 Å². The Labute approximate surface area is 193 Å². The molecule has 1 aromatic carbocycles. The monoisotopic (exact) mass is 444 g/mol. The number of rotatable bonds is 3. The van der Waals surface area contributed by atoms with Crippen molar-refractivity contribution in [2.75, 3.05) is 27.2 Å². The molecule has 0 N–H and O–H groups in total. The normalized spacial score (nSPS) is 21.2. The van der Waals surface area contributed by atoms with E-state index in [1.54, 1.807) is 22.3 Å². The number of allylic oxidation sites excluding steroid dienone is 6. The molecule has 6 heteroatoms. The highest BCUT2D eigenvalue weighted by molar-refractivity contribution is 7.18. The average molecular weight is 445 g/mol. The topological polar surface area (TPSA) is 39.7 Å². The van der Waals surface area contributed by atoms with Crippen molar-refractivity contribution in [2.45, 2.75) is 25.8 Å². The van der Waals surface area contributed by atoms with Gasteiger partial charge in [0, 0.05) is 37.1 Å². The summed E-state index contributed by atoms with van der Waals surface area (Å²) in [6.07, 6.45) is 16.2. The van der Waals surface area contributed by atoms with Gasteiger partial charge in [-0.1, -0.05) is 18.2 Å². The highest BCUT2D eigenvalue weighted by Gasteiger charge is 2.25. The Balaban J connectivity index is 1.41. The highest BCUT2D eigenvalue weighted by Crippen LogP contribution is 2.29. The van der Waals surface area contributed by atoms with Crippen LogP contribution in [0.4, 0.5) is 0 Å². The third-order valence-corrected chi connectivity index (χ3v) is 7.36. The number of thiazole rings is 1. The Morgan fingerprint density at radius 3 is 2.66 bits per heavy atom. The van der Waals surface area contributed by atoms with E-state index in [0.29, 0.717) is 6.04 Å². The zero-order chi connectivity index (χ0) is 22.2. The van der Waals surface area contributed by atoms with Gasteiger partial charge in [0.25, 0.3) is 5.91 Å². The third kappa shape index (κ3) is 4.08. The Morgan fingerprint density at radius 2 is 1.88 bits per heavy atom. The minimum absolute atomic E-state index is 0.0322. The van der Waals surface area contributed by atoms with E-state index in [4.69, 9.17) is 0 Å². The predicted octanol–water partition coefficient (Wildman–Crippen LogP) is 4.71. The second-order valence-electron chi connectivity index (χ2n) is 8.74. The lowest BCUT2D eigenvalue weighted by Crippen LogP contribution is -2.42. The van der Waals surface area contributed by atoms with Crippen molar-refractivity contribution in [1.29, 1.82) is 0 Å². The van der Waals surface area contributed by atoms with Gasteiger partial charge < -0.3 is 9.80 Å². The summed E-state index contributed by atoms with van der Waals surface area (Å²) in [5.74, 6) is -0.0322. The molecule has 1 aromatic heterocycles. The van der Waals surface area contributed by atoms with Gasteiger partial charge in [0.2, 0.25) is 0 Å². The van der Waals surface area contributed by atoms with E-state index >= 15 is 0 Å². The molecule has 0 radical (unpaired) electrons. The molecular weight excluding hydrogens is 416 g/mol.